The number of amides is 1. The number of para-hydroxylation sites is 1. The number of halogens is 4. The Labute approximate surface area is 177 Å². The Bertz CT molecular complexity index is 1130. The van der Waals surface area contributed by atoms with Crippen molar-refractivity contribution in [2.75, 3.05) is 24.3 Å². The van der Waals surface area contributed by atoms with Crippen LogP contribution < -0.4 is 14.8 Å². The summed E-state index contributed by atoms with van der Waals surface area (Å²) in [6.45, 7) is 0.776. The van der Waals surface area contributed by atoms with E-state index in [1.165, 1.54) is 12.1 Å². The van der Waals surface area contributed by atoms with Gasteiger partial charge in [0.1, 0.15) is 18.2 Å². The zero-order chi connectivity index (χ0) is 21.3. The summed E-state index contributed by atoms with van der Waals surface area (Å²) >= 11 is 7.05. The van der Waals surface area contributed by atoms with Crippen LogP contribution in [0.1, 0.15) is 5.82 Å². The molecule has 11 heteroatoms. The number of rotatable bonds is 4. The van der Waals surface area contributed by atoms with E-state index in [-0.39, 0.29) is 21.3 Å². The monoisotopic (exact) mass is 455 g/mol. The Morgan fingerprint density at radius 2 is 1.83 bits per heavy atom. The first-order valence-corrected chi connectivity index (χ1v) is 10.0. The normalized spacial score (nSPS) is 13.3. The average molecular weight is 456 g/mol. The van der Waals surface area contributed by atoms with E-state index in [0.29, 0.717) is 35.8 Å². The molecule has 1 aromatic heterocycles. The van der Waals surface area contributed by atoms with Crippen LogP contribution in [-0.4, -0.2) is 34.8 Å². The molecule has 0 bridgehead atoms. The molecule has 4 rings (SSSR count). The van der Waals surface area contributed by atoms with Crippen molar-refractivity contribution in [2.45, 2.75) is 11.2 Å². The zero-order valence-corrected chi connectivity index (χ0v) is 16.7. The van der Waals surface area contributed by atoms with Gasteiger partial charge in [0.05, 0.1) is 22.0 Å². The molecule has 0 saturated heterocycles. The maximum Gasteiger partial charge on any atom is 0.451 e. The van der Waals surface area contributed by atoms with Gasteiger partial charge in [0.25, 0.3) is 0 Å². The van der Waals surface area contributed by atoms with Crippen LogP contribution in [0.3, 0.4) is 0 Å². The number of fused-ring (bicyclic) bond motifs is 2. The number of hydrogen-bond acceptors (Lipinski definition) is 6. The number of alkyl halides is 3. The van der Waals surface area contributed by atoms with Gasteiger partial charge >= 0.3 is 6.18 Å². The summed E-state index contributed by atoms with van der Waals surface area (Å²) in [5.74, 6) is -0.965. The number of nitrogens with zero attached hydrogens (tertiary/aromatic N) is 2. The fraction of sp³-hybridized carbons (Fsp3) is 0.211. The molecule has 30 heavy (non-hydrogen) atoms. The number of nitrogens with one attached hydrogen (secondary N) is 1. The van der Waals surface area contributed by atoms with Crippen LogP contribution in [0, 0.1) is 0 Å². The van der Waals surface area contributed by atoms with Gasteiger partial charge in [-0.05, 0) is 6.07 Å². The van der Waals surface area contributed by atoms with Crippen molar-refractivity contribution in [3.05, 3.63) is 47.2 Å². The molecule has 156 valence electrons. The molecular formula is C19H13ClF3N3O3S. The first-order chi connectivity index (χ1) is 14.3. The van der Waals surface area contributed by atoms with Gasteiger partial charge in [0.15, 0.2) is 11.5 Å². The molecule has 0 atom stereocenters. The highest BCUT2D eigenvalue weighted by Crippen LogP contribution is 2.38. The minimum Gasteiger partial charge on any atom is -0.486 e. The smallest absolute Gasteiger partial charge is 0.451 e. The fourth-order valence-electron chi connectivity index (χ4n) is 2.76. The first kappa shape index (κ1) is 20.5. The molecule has 0 aliphatic carbocycles. The molecule has 1 N–H and O–H groups in total. The quantitative estimate of drug-likeness (QED) is 0.450. The van der Waals surface area contributed by atoms with Crippen LogP contribution in [0.25, 0.3) is 10.9 Å². The highest BCUT2D eigenvalue weighted by Gasteiger charge is 2.35. The van der Waals surface area contributed by atoms with E-state index in [0.717, 1.165) is 11.8 Å². The molecule has 1 aliphatic rings. The Morgan fingerprint density at radius 1 is 1.13 bits per heavy atom. The lowest BCUT2D eigenvalue weighted by molar-refractivity contribution is -0.145. The van der Waals surface area contributed by atoms with Gasteiger partial charge in [-0.15, -0.1) is 0 Å². The van der Waals surface area contributed by atoms with Gasteiger partial charge in [-0.1, -0.05) is 41.6 Å². The highest BCUT2D eigenvalue weighted by atomic mass is 35.5. The van der Waals surface area contributed by atoms with Crippen molar-refractivity contribution in [3.63, 3.8) is 0 Å². The van der Waals surface area contributed by atoms with E-state index in [1.807, 2.05) is 0 Å². The number of benzene rings is 2. The minimum absolute atomic E-state index is 0.0661. The molecule has 0 saturated carbocycles. The lowest BCUT2D eigenvalue weighted by Crippen LogP contribution is -2.18. The Kier molecular flexibility index (Phi) is 5.61. The Balaban J connectivity index is 1.52. The van der Waals surface area contributed by atoms with Gasteiger partial charge < -0.3 is 14.8 Å². The van der Waals surface area contributed by atoms with Crippen LogP contribution in [0.4, 0.5) is 18.9 Å². The summed E-state index contributed by atoms with van der Waals surface area (Å²) in [6, 6.07) is 9.39. The molecule has 2 aromatic carbocycles. The van der Waals surface area contributed by atoms with Crippen molar-refractivity contribution >= 4 is 45.9 Å². The predicted molar refractivity (Wildman–Crippen MR) is 106 cm³/mol. The second-order valence-electron chi connectivity index (χ2n) is 6.18. The summed E-state index contributed by atoms with van der Waals surface area (Å²) in [7, 11) is 0. The molecule has 2 heterocycles. The first-order valence-electron chi connectivity index (χ1n) is 8.67. The average Bonchev–Trinajstić information content (AvgIpc) is 2.71. The fourth-order valence-corrected chi connectivity index (χ4v) is 3.78. The number of thioether (sulfide) groups is 1. The van der Waals surface area contributed by atoms with Gasteiger partial charge in [-0.25, -0.2) is 9.97 Å². The van der Waals surface area contributed by atoms with E-state index in [9.17, 15) is 18.0 Å². The van der Waals surface area contributed by atoms with Crippen molar-refractivity contribution < 1.29 is 27.4 Å². The molecule has 1 aliphatic heterocycles. The summed E-state index contributed by atoms with van der Waals surface area (Å²) < 4.78 is 50.2. The van der Waals surface area contributed by atoms with E-state index in [4.69, 9.17) is 21.1 Å². The van der Waals surface area contributed by atoms with Gasteiger partial charge in [0, 0.05) is 17.5 Å². The van der Waals surface area contributed by atoms with E-state index < -0.39 is 17.9 Å². The standard InChI is InChI=1S/C19H13ClF3N3O3S/c20-11-7-14-15(29-6-5-28-14)8-13(11)24-16(27)9-30-17-10-3-1-2-4-12(10)25-18(26-17)19(21,22)23/h1-4,7-8H,5-6,9H2,(H,24,27). The Hall–Kier alpha value is -2.72. The maximum absolute atomic E-state index is 13.1. The van der Waals surface area contributed by atoms with Crippen LogP contribution in [0.15, 0.2) is 41.4 Å². The summed E-state index contributed by atoms with van der Waals surface area (Å²) in [5, 5.41) is 3.38. The molecule has 0 unspecified atom stereocenters. The van der Waals surface area contributed by atoms with Gasteiger partial charge in [-0.2, -0.15) is 13.2 Å². The SMILES string of the molecule is O=C(CSc1nc(C(F)(F)F)nc2ccccc12)Nc1cc2c(cc1Cl)OCCO2. The van der Waals surface area contributed by atoms with Crippen molar-refractivity contribution in [1.82, 2.24) is 9.97 Å². The van der Waals surface area contributed by atoms with Gasteiger partial charge in [0.2, 0.25) is 11.7 Å². The van der Waals surface area contributed by atoms with Crippen LogP contribution >= 0.6 is 23.4 Å². The maximum atomic E-state index is 13.1. The number of ether oxygens (including phenoxy) is 2. The topological polar surface area (TPSA) is 73.3 Å². The zero-order valence-electron chi connectivity index (χ0n) is 15.1. The highest BCUT2D eigenvalue weighted by molar-refractivity contribution is 8.00. The van der Waals surface area contributed by atoms with Crippen LogP contribution in [0.2, 0.25) is 5.02 Å². The van der Waals surface area contributed by atoms with E-state index in [1.54, 1.807) is 24.3 Å². The molecule has 6 nitrogen and oxygen atoms in total. The second kappa shape index (κ2) is 8.19. The van der Waals surface area contributed by atoms with Crippen molar-refractivity contribution in [1.29, 1.82) is 0 Å². The van der Waals surface area contributed by atoms with Crippen LogP contribution in [0.5, 0.6) is 11.5 Å². The summed E-state index contributed by atoms with van der Waals surface area (Å²) in [6.07, 6.45) is -4.69. The second-order valence-corrected chi connectivity index (χ2v) is 7.55. The predicted octanol–water partition coefficient (Wildman–Crippen LogP) is 4.80. The molecule has 0 radical (unpaired) electrons. The lowest BCUT2D eigenvalue weighted by atomic mass is 10.2. The molecule has 0 fully saturated rings. The number of hydrogen-bond donors (Lipinski definition) is 1. The van der Waals surface area contributed by atoms with E-state index >= 15 is 0 Å². The lowest BCUT2D eigenvalue weighted by Gasteiger charge is -2.20. The van der Waals surface area contributed by atoms with Crippen molar-refractivity contribution in [3.8, 4) is 11.5 Å². The van der Waals surface area contributed by atoms with Crippen LogP contribution in [-0.2, 0) is 11.0 Å². The Morgan fingerprint density at radius 3 is 2.57 bits per heavy atom. The largest absolute Gasteiger partial charge is 0.486 e. The third kappa shape index (κ3) is 4.39. The number of carbonyl (C=O) groups is 1. The minimum atomic E-state index is -4.69. The number of aromatic nitrogens is 2. The van der Waals surface area contributed by atoms with Crippen molar-refractivity contribution in [2.24, 2.45) is 0 Å². The third-order valence-corrected chi connectivity index (χ3v) is 5.37. The summed E-state index contributed by atoms with van der Waals surface area (Å²) in [4.78, 5) is 19.6. The molecule has 3 aromatic rings. The third-order valence-electron chi connectivity index (χ3n) is 4.07. The van der Waals surface area contributed by atoms with Gasteiger partial charge in [-0.3, -0.25) is 4.79 Å². The molecule has 0 spiro atoms. The number of anilines is 1. The molecular weight excluding hydrogens is 443 g/mol. The molecule has 1 amide bonds. The van der Waals surface area contributed by atoms with E-state index in [2.05, 4.69) is 15.3 Å². The summed E-state index contributed by atoms with van der Waals surface area (Å²) in [5.41, 5.74) is 0.465. The number of carbonyl (C=O) groups excluding carboxylic acids is 1.